The molecule has 0 radical (unpaired) electrons. The first-order valence-corrected chi connectivity index (χ1v) is 10.6. The number of primary amides is 1. The van der Waals surface area contributed by atoms with Crippen molar-refractivity contribution in [2.75, 3.05) is 20.6 Å². The molecular weight excluding hydrogens is 458 g/mol. The molecule has 0 spiro atoms. The third-order valence-electron chi connectivity index (χ3n) is 5.35. The molecule has 2 aromatic heterocycles. The highest BCUT2D eigenvalue weighted by molar-refractivity contribution is 5.76. The van der Waals surface area contributed by atoms with E-state index in [1.165, 1.54) is 18.4 Å². The van der Waals surface area contributed by atoms with Gasteiger partial charge in [0.15, 0.2) is 5.82 Å². The molecule has 0 fully saturated rings. The molecule has 0 saturated heterocycles. The minimum atomic E-state index is -4.74. The lowest BCUT2D eigenvalue weighted by Crippen LogP contribution is -2.27. The van der Waals surface area contributed by atoms with Gasteiger partial charge in [0.2, 0.25) is 11.8 Å². The first-order chi connectivity index (χ1) is 16.0. The summed E-state index contributed by atoms with van der Waals surface area (Å²) in [5.74, 6) is -3.11. The highest BCUT2D eigenvalue weighted by atomic mass is 19.4. The average molecular weight is 483 g/mol. The zero-order chi connectivity index (χ0) is 24.9. The molecule has 2 N–H and O–H groups in total. The summed E-state index contributed by atoms with van der Waals surface area (Å²) in [6, 6.07) is 5.69. The molecule has 2 atom stereocenters. The first kappa shape index (κ1) is 25.3. The Balaban J connectivity index is 1.74. The van der Waals surface area contributed by atoms with E-state index < -0.39 is 23.9 Å². The molecule has 34 heavy (non-hydrogen) atoms. The van der Waals surface area contributed by atoms with Gasteiger partial charge in [0.25, 0.3) is 0 Å². The quantitative estimate of drug-likeness (QED) is 0.410. The molecule has 0 aliphatic carbocycles. The van der Waals surface area contributed by atoms with Crippen molar-refractivity contribution in [1.82, 2.24) is 20.0 Å². The SMILES string of the molecule is CN(C)CCC(CC(CCc1noc(C(F)(F)F)n1)C(N)=O)c1coc(-c2ccc(F)cc2)n1. The standard InChI is InChI=1S/C22H25F4N5O3/c1-31(2)10-9-14(17-12-33-20(28-17)13-3-6-16(23)7-4-13)11-15(19(27)32)5-8-18-29-21(34-30-18)22(24,25)26/h3-4,6-7,12,14-15H,5,8-11H2,1-2H3,(H2,27,32). The number of nitrogens with zero attached hydrogens (tertiary/aromatic N) is 4. The van der Waals surface area contributed by atoms with Crippen LogP contribution in [0.25, 0.3) is 11.5 Å². The van der Waals surface area contributed by atoms with E-state index in [0.29, 0.717) is 36.5 Å². The Morgan fingerprint density at radius 3 is 2.44 bits per heavy atom. The number of nitrogens with two attached hydrogens (primary N) is 1. The van der Waals surface area contributed by atoms with Crippen molar-refractivity contribution in [3.05, 3.63) is 53.8 Å². The third-order valence-corrected chi connectivity index (χ3v) is 5.35. The number of rotatable bonds is 11. The average Bonchev–Trinajstić information content (AvgIpc) is 3.43. The largest absolute Gasteiger partial charge is 0.471 e. The number of benzene rings is 1. The predicted molar refractivity (Wildman–Crippen MR) is 113 cm³/mol. The maximum atomic E-state index is 13.2. The molecule has 3 rings (SSSR count). The second kappa shape index (κ2) is 10.8. The van der Waals surface area contributed by atoms with Gasteiger partial charge in [-0.1, -0.05) is 5.16 Å². The number of amides is 1. The van der Waals surface area contributed by atoms with Gasteiger partial charge in [-0.2, -0.15) is 18.2 Å². The van der Waals surface area contributed by atoms with Crippen molar-refractivity contribution >= 4 is 5.91 Å². The minimum Gasteiger partial charge on any atom is -0.444 e. The number of oxazole rings is 1. The second-order valence-electron chi connectivity index (χ2n) is 8.26. The zero-order valence-corrected chi connectivity index (χ0v) is 18.7. The van der Waals surface area contributed by atoms with Crippen molar-refractivity contribution < 1.29 is 31.3 Å². The number of alkyl halides is 3. The Morgan fingerprint density at radius 1 is 1.15 bits per heavy atom. The zero-order valence-electron chi connectivity index (χ0n) is 18.7. The van der Waals surface area contributed by atoms with E-state index in [4.69, 9.17) is 10.2 Å². The van der Waals surface area contributed by atoms with Gasteiger partial charge in [0.05, 0.1) is 5.69 Å². The second-order valence-corrected chi connectivity index (χ2v) is 8.26. The van der Waals surface area contributed by atoms with Crippen LogP contribution < -0.4 is 5.73 Å². The van der Waals surface area contributed by atoms with Gasteiger partial charge in [-0.05, 0) is 64.2 Å². The predicted octanol–water partition coefficient (Wildman–Crippen LogP) is 4.04. The molecule has 0 aliphatic heterocycles. The smallest absolute Gasteiger partial charge is 0.444 e. The third kappa shape index (κ3) is 6.86. The molecular formula is C22H25F4N5O3. The number of carbonyl (C=O) groups is 1. The highest BCUT2D eigenvalue weighted by Gasteiger charge is 2.38. The maximum Gasteiger partial charge on any atom is 0.471 e. The van der Waals surface area contributed by atoms with Crippen LogP contribution in [-0.2, 0) is 17.4 Å². The van der Waals surface area contributed by atoms with Crippen LogP contribution in [0.3, 0.4) is 0 Å². The van der Waals surface area contributed by atoms with Crippen LogP contribution in [0, 0.1) is 11.7 Å². The number of hydrogen-bond acceptors (Lipinski definition) is 7. The van der Waals surface area contributed by atoms with E-state index in [0.717, 1.165) is 0 Å². The minimum absolute atomic E-state index is 0.00671. The Bertz CT molecular complexity index is 1080. The number of carbonyl (C=O) groups excluding carboxylic acids is 1. The molecule has 0 aliphatic rings. The van der Waals surface area contributed by atoms with Gasteiger partial charge in [0, 0.05) is 23.8 Å². The summed E-state index contributed by atoms with van der Waals surface area (Å²) in [6.07, 6.45) is -2.16. The molecule has 2 unspecified atom stereocenters. The molecule has 0 saturated carbocycles. The van der Waals surface area contributed by atoms with Gasteiger partial charge in [-0.15, -0.1) is 0 Å². The summed E-state index contributed by atoms with van der Waals surface area (Å²) in [4.78, 5) is 22.0. The Morgan fingerprint density at radius 2 is 1.85 bits per heavy atom. The number of aromatic nitrogens is 3. The highest BCUT2D eigenvalue weighted by Crippen LogP contribution is 2.32. The molecule has 8 nitrogen and oxygen atoms in total. The van der Waals surface area contributed by atoms with Gasteiger partial charge < -0.3 is 19.6 Å². The van der Waals surface area contributed by atoms with Gasteiger partial charge >= 0.3 is 12.1 Å². The lowest BCUT2D eigenvalue weighted by molar-refractivity contribution is -0.159. The fraction of sp³-hybridized carbons (Fsp3) is 0.455. The van der Waals surface area contributed by atoms with Crippen LogP contribution in [0.5, 0.6) is 0 Å². The Labute approximate surface area is 193 Å². The summed E-state index contributed by atoms with van der Waals surface area (Å²) in [6.45, 7) is 0.689. The topological polar surface area (TPSA) is 111 Å². The monoisotopic (exact) mass is 483 g/mol. The summed E-state index contributed by atoms with van der Waals surface area (Å²) >= 11 is 0. The van der Waals surface area contributed by atoms with Gasteiger partial charge in [-0.3, -0.25) is 4.79 Å². The molecule has 12 heteroatoms. The van der Waals surface area contributed by atoms with Crippen LogP contribution in [-0.4, -0.2) is 46.6 Å². The van der Waals surface area contributed by atoms with Crippen LogP contribution in [0.2, 0.25) is 0 Å². The first-order valence-electron chi connectivity index (χ1n) is 10.6. The number of aryl methyl sites for hydroxylation is 1. The summed E-state index contributed by atoms with van der Waals surface area (Å²) in [7, 11) is 3.81. The molecule has 1 aromatic carbocycles. The lowest BCUT2D eigenvalue weighted by atomic mass is 9.86. The van der Waals surface area contributed by atoms with Crippen LogP contribution in [0.4, 0.5) is 17.6 Å². The van der Waals surface area contributed by atoms with E-state index in [-0.39, 0.29) is 30.4 Å². The van der Waals surface area contributed by atoms with Gasteiger partial charge in [-0.25, -0.2) is 9.37 Å². The fourth-order valence-corrected chi connectivity index (χ4v) is 3.49. The van der Waals surface area contributed by atoms with E-state index >= 15 is 0 Å². The summed E-state index contributed by atoms with van der Waals surface area (Å²) < 4.78 is 61.1. The number of hydrogen-bond donors (Lipinski definition) is 1. The molecule has 184 valence electrons. The van der Waals surface area contributed by atoms with Crippen molar-refractivity contribution in [2.24, 2.45) is 11.7 Å². The Hall–Kier alpha value is -3.28. The molecule has 2 heterocycles. The van der Waals surface area contributed by atoms with E-state index in [1.807, 2.05) is 19.0 Å². The van der Waals surface area contributed by atoms with Crippen LogP contribution in [0.15, 0.2) is 39.5 Å². The maximum absolute atomic E-state index is 13.2. The van der Waals surface area contributed by atoms with Crippen LogP contribution in [0.1, 0.15) is 42.6 Å². The van der Waals surface area contributed by atoms with E-state index in [9.17, 15) is 22.4 Å². The van der Waals surface area contributed by atoms with Crippen molar-refractivity contribution in [3.8, 4) is 11.5 Å². The van der Waals surface area contributed by atoms with E-state index in [2.05, 4.69) is 19.6 Å². The van der Waals surface area contributed by atoms with Gasteiger partial charge in [0.1, 0.15) is 12.1 Å². The van der Waals surface area contributed by atoms with E-state index in [1.54, 1.807) is 12.1 Å². The fourth-order valence-electron chi connectivity index (χ4n) is 3.49. The number of halogens is 4. The van der Waals surface area contributed by atoms with Crippen LogP contribution >= 0.6 is 0 Å². The van der Waals surface area contributed by atoms with Crippen molar-refractivity contribution in [2.45, 2.75) is 37.8 Å². The lowest BCUT2D eigenvalue weighted by Gasteiger charge is -2.21. The summed E-state index contributed by atoms with van der Waals surface area (Å²) in [5, 5.41) is 3.33. The summed E-state index contributed by atoms with van der Waals surface area (Å²) in [5.41, 5.74) is 6.80. The van der Waals surface area contributed by atoms with Crippen molar-refractivity contribution in [3.63, 3.8) is 0 Å². The molecule has 0 bridgehead atoms. The molecule has 3 aromatic rings. The Kier molecular flexibility index (Phi) is 8.02. The normalized spacial score (nSPS) is 13.9. The van der Waals surface area contributed by atoms with Crippen molar-refractivity contribution in [1.29, 1.82) is 0 Å². The molecule has 1 amide bonds.